The third-order valence-corrected chi connectivity index (χ3v) is 13.7. The smallest absolute Gasteiger partial charge is 0.249 e. The average molecular weight is 760 g/mol. The Morgan fingerprint density at radius 3 is 1.66 bits per heavy atom. The van der Waals surface area contributed by atoms with Gasteiger partial charge in [0.15, 0.2) is 0 Å². The van der Waals surface area contributed by atoms with Gasteiger partial charge in [-0.15, -0.1) is 0 Å². The van der Waals surface area contributed by atoms with Crippen LogP contribution in [-0.4, -0.2) is 11.3 Å². The molecule has 1 aliphatic carbocycles. The van der Waals surface area contributed by atoms with Gasteiger partial charge in [0.2, 0.25) is 6.71 Å². The molecule has 0 radical (unpaired) electrons. The van der Waals surface area contributed by atoms with Gasteiger partial charge < -0.3 is 14.4 Å². The Kier molecular flexibility index (Phi) is 7.30. The normalized spacial score (nSPS) is 13.7. The van der Waals surface area contributed by atoms with Crippen LogP contribution in [0.25, 0.3) is 27.8 Å². The van der Waals surface area contributed by atoms with Gasteiger partial charge in [0.05, 0.1) is 5.69 Å². The van der Waals surface area contributed by atoms with Crippen molar-refractivity contribution in [3.63, 3.8) is 0 Å². The Hall–Kier alpha value is -6.69. The Balaban J connectivity index is 1.14. The first-order chi connectivity index (χ1) is 28.6. The van der Waals surface area contributed by atoms with Crippen LogP contribution in [0.1, 0.15) is 25.0 Å². The van der Waals surface area contributed by atoms with Crippen LogP contribution in [0.15, 0.2) is 204 Å². The van der Waals surface area contributed by atoms with Crippen LogP contribution in [0.2, 0.25) is 0 Å². The fourth-order valence-corrected chi connectivity index (χ4v) is 11.4. The van der Waals surface area contributed by atoms with Crippen LogP contribution in [0.5, 0.6) is 0 Å². The van der Waals surface area contributed by atoms with E-state index in [9.17, 15) is 0 Å². The lowest BCUT2D eigenvalue weighted by molar-refractivity contribution is 0.666. The summed E-state index contributed by atoms with van der Waals surface area (Å²) in [7, 11) is 0. The molecule has 3 heterocycles. The van der Waals surface area contributed by atoms with E-state index in [1.807, 2.05) is 11.8 Å². The monoisotopic (exact) mass is 759 g/mol. The van der Waals surface area contributed by atoms with Crippen LogP contribution < -0.4 is 26.2 Å². The van der Waals surface area contributed by atoms with E-state index >= 15 is 0 Å². The van der Waals surface area contributed by atoms with E-state index in [1.54, 1.807) is 0 Å². The van der Waals surface area contributed by atoms with Crippen molar-refractivity contribution in [3.8, 4) is 16.9 Å². The number of aromatic nitrogens is 1. The standard InChI is InChI=1S/C53H38BN3S/c1-53(2)43-32-39(55(35-18-7-3-8-19-35)36-20-9-4-10-21-36)30-31-41(43)52-49(53)42-26-17-28-45-51(42)57(52)46-33-40(34-48-50(46)54(45)44-27-15-16-29-47(44)58-48)56(37-22-11-5-12-23-37)38-24-13-6-14-25-38/h3-34H,1-2H3. The summed E-state index contributed by atoms with van der Waals surface area (Å²) in [6, 6.07) is 71.3. The number of anilines is 6. The molecule has 0 saturated carbocycles. The summed E-state index contributed by atoms with van der Waals surface area (Å²) in [6.07, 6.45) is 0. The molecule has 3 nitrogen and oxygen atoms in total. The lowest BCUT2D eigenvalue weighted by Gasteiger charge is -2.35. The van der Waals surface area contributed by atoms with Gasteiger partial charge in [-0.1, -0.05) is 146 Å². The molecule has 0 amide bonds. The molecule has 9 aromatic rings. The minimum absolute atomic E-state index is 0.139. The summed E-state index contributed by atoms with van der Waals surface area (Å²) >= 11 is 1.91. The first-order valence-corrected chi connectivity index (χ1v) is 21.0. The van der Waals surface area contributed by atoms with Crippen LogP contribution in [0, 0.1) is 0 Å². The van der Waals surface area contributed by atoms with E-state index in [-0.39, 0.29) is 12.1 Å². The molecule has 0 spiro atoms. The van der Waals surface area contributed by atoms with Crippen LogP contribution in [0.4, 0.5) is 34.1 Å². The highest BCUT2D eigenvalue weighted by Gasteiger charge is 2.46. The number of benzene rings is 8. The predicted molar refractivity (Wildman–Crippen MR) is 245 cm³/mol. The second-order valence-electron chi connectivity index (χ2n) is 16.1. The molecule has 1 aromatic heterocycles. The fourth-order valence-electron chi connectivity index (χ4n) is 10.2. The van der Waals surface area contributed by atoms with Gasteiger partial charge >= 0.3 is 0 Å². The van der Waals surface area contributed by atoms with E-state index in [2.05, 4.69) is 222 Å². The molecular weight excluding hydrogens is 721 g/mol. The molecule has 2 aliphatic heterocycles. The maximum absolute atomic E-state index is 2.65. The molecule has 3 aliphatic rings. The Morgan fingerprint density at radius 2 is 1.03 bits per heavy atom. The molecule has 274 valence electrons. The highest BCUT2D eigenvalue weighted by Crippen LogP contribution is 2.56. The Morgan fingerprint density at radius 1 is 0.483 bits per heavy atom. The maximum atomic E-state index is 2.65. The molecule has 0 atom stereocenters. The molecule has 0 bridgehead atoms. The SMILES string of the molecule is CC1(C)c2cc(N(c3ccccc3)c3ccccc3)ccc2-c2c1c1cccc3c1n2-c1cc(N(c2ccccc2)c2ccccc2)cc2c1B3c1ccccc1S2. The summed E-state index contributed by atoms with van der Waals surface area (Å²) in [5.74, 6) is 0. The minimum atomic E-state index is -0.255. The van der Waals surface area contributed by atoms with Crippen molar-refractivity contribution in [3.05, 3.63) is 205 Å². The Labute approximate surface area is 343 Å². The van der Waals surface area contributed by atoms with Crippen molar-refractivity contribution in [2.75, 3.05) is 9.80 Å². The van der Waals surface area contributed by atoms with Gasteiger partial charge in [0.25, 0.3) is 0 Å². The summed E-state index contributed by atoms with van der Waals surface area (Å²) in [4.78, 5) is 7.44. The molecular formula is C53H38BN3S. The van der Waals surface area contributed by atoms with Crippen molar-refractivity contribution < 1.29 is 0 Å². The molecule has 5 heteroatoms. The van der Waals surface area contributed by atoms with Gasteiger partial charge in [-0.2, -0.15) is 0 Å². The predicted octanol–water partition coefficient (Wildman–Crippen LogP) is 12.2. The van der Waals surface area contributed by atoms with E-state index in [1.165, 1.54) is 65.2 Å². The topological polar surface area (TPSA) is 11.4 Å². The quantitative estimate of drug-likeness (QED) is 0.157. The number of fused-ring (bicyclic) bond motifs is 9. The molecule has 0 fully saturated rings. The van der Waals surface area contributed by atoms with Crippen molar-refractivity contribution in [1.82, 2.24) is 4.57 Å². The second kappa shape index (κ2) is 12.7. The van der Waals surface area contributed by atoms with E-state index in [0.717, 1.165) is 34.1 Å². The first-order valence-electron chi connectivity index (χ1n) is 20.1. The number of hydrogen-bond acceptors (Lipinski definition) is 3. The Bertz CT molecular complexity index is 2990. The zero-order chi connectivity index (χ0) is 38.5. The lowest BCUT2D eigenvalue weighted by atomic mass is 9.35. The third-order valence-electron chi connectivity index (χ3n) is 12.5. The number of rotatable bonds is 6. The molecule has 0 saturated heterocycles. The number of para-hydroxylation sites is 5. The molecule has 58 heavy (non-hydrogen) atoms. The first kappa shape index (κ1) is 33.5. The van der Waals surface area contributed by atoms with Gasteiger partial charge in [0.1, 0.15) is 0 Å². The zero-order valence-corrected chi connectivity index (χ0v) is 33.1. The number of nitrogens with zero attached hydrogens (tertiary/aromatic N) is 3. The van der Waals surface area contributed by atoms with Crippen LogP contribution >= 0.6 is 11.8 Å². The second-order valence-corrected chi connectivity index (χ2v) is 17.2. The molecule has 8 aromatic carbocycles. The van der Waals surface area contributed by atoms with Gasteiger partial charge in [0, 0.05) is 71.5 Å². The molecule has 0 unspecified atom stereocenters. The van der Waals surface area contributed by atoms with E-state index < -0.39 is 0 Å². The summed E-state index contributed by atoms with van der Waals surface area (Å²) < 4.78 is 2.65. The van der Waals surface area contributed by atoms with Gasteiger partial charge in [-0.3, -0.25) is 0 Å². The van der Waals surface area contributed by atoms with Crippen molar-refractivity contribution in [2.24, 2.45) is 0 Å². The van der Waals surface area contributed by atoms with Crippen molar-refractivity contribution in [1.29, 1.82) is 0 Å². The highest BCUT2D eigenvalue weighted by molar-refractivity contribution is 8.00. The highest BCUT2D eigenvalue weighted by atomic mass is 32.2. The number of hydrogen-bond donors (Lipinski definition) is 0. The zero-order valence-electron chi connectivity index (χ0n) is 32.3. The lowest BCUT2D eigenvalue weighted by Crippen LogP contribution is -2.58. The van der Waals surface area contributed by atoms with Crippen molar-refractivity contribution >= 4 is 79.9 Å². The molecule has 0 N–H and O–H groups in total. The van der Waals surface area contributed by atoms with E-state index in [0.29, 0.717) is 0 Å². The van der Waals surface area contributed by atoms with E-state index in [4.69, 9.17) is 0 Å². The van der Waals surface area contributed by atoms with Crippen LogP contribution in [-0.2, 0) is 5.41 Å². The van der Waals surface area contributed by atoms with Gasteiger partial charge in [-0.05, 0) is 101 Å². The summed E-state index contributed by atoms with van der Waals surface area (Å²) in [5, 5.41) is 1.34. The van der Waals surface area contributed by atoms with Gasteiger partial charge in [-0.25, -0.2) is 0 Å². The largest absolute Gasteiger partial charge is 0.310 e. The maximum Gasteiger partial charge on any atom is 0.249 e. The molecule has 12 rings (SSSR count). The average Bonchev–Trinajstić information content (AvgIpc) is 3.74. The summed E-state index contributed by atoms with van der Waals surface area (Å²) in [5.41, 5.74) is 18.8. The third kappa shape index (κ3) is 4.77. The minimum Gasteiger partial charge on any atom is -0.310 e. The fraction of sp³-hybridized carbons (Fsp3) is 0.0566. The summed E-state index contributed by atoms with van der Waals surface area (Å²) in [6.45, 7) is 5.00. The van der Waals surface area contributed by atoms with Crippen LogP contribution in [0.3, 0.4) is 0 Å². The van der Waals surface area contributed by atoms with Crippen molar-refractivity contribution in [2.45, 2.75) is 29.1 Å².